The lowest BCUT2D eigenvalue weighted by atomic mass is 10.1. The molecule has 0 saturated carbocycles. The fourth-order valence-corrected chi connectivity index (χ4v) is 2.44. The third-order valence-corrected chi connectivity index (χ3v) is 3.33. The van der Waals surface area contributed by atoms with Crippen molar-refractivity contribution < 1.29 is 9.84 Å². The minimum atomic E-state index is 0.146. The van der Waals surface area contributed by atoms with E-state index in [0.717, 1.165) is 18.8 Å². The number of likely N-dealkylation sites (tertiary alicyclic amines) is 1. The summed E-state index contributed by atoms with van der Waals surface area (Å²) in [6, 6.07) is 8.23. The molecule has 3 nitrogen and oxygen atoms in total. The van der Waals surface area contributed by atoms with Crippen LogP contribution in [0.2, 0.25) is 0 Å². The van der Waals surface area contributed by atoms with Gasteiger partial charge in [0.1, 0.15) is 5.75 Å². The summed E-state index contributed by atoms with van der Waals surface area (Å²) in [5.74, 6) is 0.898. The highest BCUT2D eigenvalue weighted by Gasteiger charge is 2.22. The number of hydrogen-bond acceptors (Lipinski definition) is 3. The molecule has 1 fully saturated rings. The predicted molar refractivity (Wildman–Crippen MR) is 68.2 cm³/mol. The molecular formula is C14H21NO2. The van der Waals surface area contributed by atoms with Gasteiger partial charge in [0, 0.05) is 0 Å². The van der Waals surface area contributed by atoms with Gasteiger partial charge in [-0.15, -0.1) is 0 Å². The van der Waals surface area contributed by atoms with Crippen LogP contribution in [-0.4, -0.2) is 36.3 Å². The van der Waals surface area contributed by atoms with Crippen LogP contribution in [-0.2, 0) is 0 Å². The summed E-state index contributed by atoms with van der Waals surface area (Å²) >= 11 is 0. The molecule has 17 heavy (non-hydrogen) atoms. The molecule has 1 unspecified atom stereocenters. The maximum Gasteiger partial charge on any atom is 0.119 e. The normalized spacial score (nSPS) is 18.2. The van der Waals surface area contributed by atoms with Crippen molar-refractivity contribution in [2.75, 3.05) is 26.3 Å². The van der Waals surface area contributed by atoms with Gasteiger partial charge in [0.05, 0.1) is 19.3 Å². The third-order valence-electron chi connectivity index (χ3n) is 3.33. The van der Waals surface area contributed by atoms with E-state index in [4.69, 9.17) is 4.74 Å². The molecule has 1 aromatic rings. The number of benzene rings is 1. The SMILES string of the molecule is CCOc1ccc(C(CO)N2CCCC2)cc1. The molecule has 0 aliphatic carbocycles. The zero-order valence-electron chi connectivity index (χ0n) is 10.4. The Hall–Kier alpha value is -1.06. The van der Waals surface area contributed by atoms with Crippen molar-refractivity contribution in [3.63, 3.8) is 0 Å². The summed E-state index contributed by atoms with van der Waals surface area (Å²) in [7, 11) is 0. The first-order valence-corrected chi connectivity index (χ1v) is 6.43. The van der Waals surface area contributed by atoms with Gasteiger partial charge in [-0.2, -0.15) is 0 Å². The lowest BCUT2D eigenvalue weighted by Crippen LogP contribution is -2.28. The minimum absolute atomic E-state index is 0.146. The molecule has 0 spiro atoms. The summed E-state index contributed by atoms with van der Waals surface area (Å²) in [4.78, 5) is 2.36. The Bertz CT molecular complexity index is 331. The second-order valence-corrected chi connectivity index (χ2v) is 4.44. The quantitative estimate of drug-likeness (QED) is 0.849. The standard InChI is InChI=1S/C14H21NO2/c1-2-17-13-7-5-12(6-8-13)14(11-16)15-9-3-4-10-15/h5-8,14,16H,2-4,9-11H2,1H3. The van der Waals surface area contributed by atoms with E-state index in [2.05, 4.69) is 17.0 Å². The van der Waals surface area contributed by atoms with Gasteiger partial charge >= 0.3 is 0 Å². The maximum atomic E-state index is 9.54. The van der Waals surface area contributed by atoms with E-state index < -0.39 is 0 Å². The molecule has 0 bridgehead atoms. The minimum Gasteiger partial charge on any atom is -0.494 e. The molecule has 1 aliphatic rings. The topological polar surface area (TPSA) is 32.7 Å². The highest BCUT2D eigenvalue weighted by molar-refractivity contribution is 5.29. The number of aliphatic hydroxyl groups is 1. The smallest absolute Gasteiger partial charge is 0.119 e. The molecule has 1 aliphatic heterocycles. The van der Waals surface area contributed by atoms with Crippen LogP contribution in [0.4, 0.5) is 0 Å². The van der Waals surface area contributed by atoms with Crippen LogP contribution in [0.25, 0.3) is 0 Å². The molecule has 1 aromatic carbocycles. The predicted octanol–water partition coefficient (Wildman–Crippen LogP) is 2.21. The lowest BCUT2D eigenvalue weighted by molar-refractivity contribution is 0.147. The third kappa shape index (κ3) is 2.99. The molecule has 1 atom stereocenters. The summed E-state index contributed by atoms with van der Waals surface area (Å²) in [6.07, 6.45) is 2.49. The van der Waals surface area contributed by atoms with E-state index in [1.54, 1.807) is 0 Å². The molecule has 3 heteroatoms. The average molecular weight is 235 g/mol. The molecule has 2 rings (SSSR count). The fraction of sp³-hybridized carbons (Fsp3) is 0.571. The molecule has 1 N–H and O–H groups in total. The Balaban J connectivity index is 2.07. The molecule has 1 heterocycles. The Morgan fingerprint density at radius 2 is 1.88 bits per heavy atom. The van der Waals surface area contributed by atoms with Crippen molar-refractivity contribution in [3.05, 3.63) is 29.8 Å². The van der Waals surface area contributed by atoms with E-state index in [-0.39, 0.29) is 12.6 Å². The summed E-state index contributed by atoms with van der Waals surface area (Å²) in [5, 5.41) is 9.54. The molecule has 0 radical (unpaired) electrons. The highest BCUT2D eigenvalue weighted by Crippen LogP contribution is 2.26. The molecular weight excluding hydrogens is 214 g/mol. The van der Waals surface area contributed by atoms with Crippen molar-refractivity contribution in [1.29, 1.82) is 0 Å². The molecule has 1 saturated heterocycles. The Morgan fingerprint density at radius 3 is 2.41 bits per heavy atom. The second kappa shape index (κ2) is 6.03. The van der Waals surface area contributed by atoms with E-state index in [1.165, 1.54) is 18.4 Å². The van der Waals surface area contributed by atoms with Crippen LogP contribution in [0, 0.1) is 0 Å². The van der Waals surface area contributed by atoms with Crippen LogP contribution in [0.3, 0.4) is 0 Å². The van der Waals surface area contributed by atoms with Gasteiger partial charge in [0.2, 0.25) is 0 Å². The van der Waals surface area contributed by atoms with Gasteiger partial charge in [-0.1, -0.05) is 12.1 Å². The first-order valence-electron chi connectivity index (χ1n) is 6.43. The average Bonchev–Trinajstić information content (AvgIpc) is 2.86. The maximum absolute atomic E-state index is 9.54. The van der Waals surface area contributed by atoms with E-state index in [9.17, 15) is 5.11 Å². The van der Waals surface area contributed by atoms with Crippen LogP contribution in [0.15, 0.2) is 24.3 Å². The number of aliphatic hydroxyl groups excluding tert-OH is 1. The Morgan fingerprint density at radius 1 is 1.24 bits per heavy atom. The van der Waals surface area contributed by atoms with Gasteiger partial charge in [-0.25, -0.2) is 0 Å². The van der Waals surface area contributed by atoms with Gasteiger partial charge in [-0.3, -0.25) is 4.90 Å². The Kier molecular flexibility index (Phi) is 4.40. The van der Waals surface area contributed by atoms with E-state index >= 15 is 0 Å². The molecule has 0 amide bonds. The van der Waals surface area contributed by atoms with Crippen molar-refractivity contribution in [2.24, 2.45) is 0 Å². The van der Waals surface area contributed by atoms with Gasteiger partial charge < -0.3 is 9.84 Å². The fourth-order valence-electron chi connectivity index (χ4n) is 2.44. The zero-order valence-corrected chi connectivity index (χ0v) is 10.4. The van der Waals surface area contributed by atoms with Crippen LogP contribution < -0.4 is 4.74 Å². The van der Waals surface area contributed by atoms with Gasteiger partial charge in [0.15, 0.2) is 0 Å². The monoisotopic (exact) mass is 235 g/mol. The summed E-state index contributed by atoms with van der Waals surface area (Å²) < 4.78 is 5.42. The van der Waals surface area contributed by atoms with Crippen molar-refractivity contribution in [1.82, 2.24) is 4.90 Å². The van der Waals surface area contributed by atoms with Crippen LogP contribution in [0.5, 0.6) is 5.75 Å². The summed E-state index contributed by atoms with van der Waals surface area (Å²) in [5.41, 5.74) is 1.18. The van der Waals surface area contributed by atoms with Crippen molar-refractivity contribution in [3.8, 4) is 5.75 Å². The first kappa shape index (κ1) is 12.4. The van der Waals surface area contributed by atoms with Crippen LogP contribution >= 0.6 is 0 Å². The molecule has 94 valence electrons. The van der Waals surface area contributed by atoms with Gasteiger partial charge in [0.25, 0.3) is 0 Å². The van der Waals surface area contributed by atoms with E-state index in [0.29, 0.717) is 6.61 Å². The van der Waals surface area contributed by atoms with Crippen molar-refractivity contribution in [2.45, 2.75) is 25.8 Å². The van der Waals surface area contributed by atoms with Gasteiger partial charge in [-0.05, 0) is 50.6 Å². The number of hydrogen-bond donors (Lipinski definition) is 1. The zero-order chi connectivity index (χ0) is 12.1. The number of nitrogens with zero attached hydrogens (tertiary/aromatic N) is 1. The van der Waals surface area contributed by atoms with E-state index in [1.807, 2.05) is 19.1 Å². The second-order valence-electron chi connectivity index (χ2n) is 4.44. The number of rotatable bonds is 5. The first-order chi connectivity index (χ1) is 8.35. The molecule has 0 aromatic heterocycles. The van der Waals surface area contributed by atoms with Crippen LogP contribution in [0.1, 0.15) is 31.4 Å². The lowest BCUT2D eigenvalue weighted by Gasteiger charge is -2.26. The highest BCUT2D eigenvalue weighted by atomic mass is 16.5. The number of ether oxygens (including phenoxy) is 1. The largest absolute Gasteiger partial charge is 0.494 e. The van der Waals surface area contributed by atoms with Crippen molar-refractivity contribution >= 4 is 0 Å². The summed E-state index contributed by atoms with van der Waals surface area (Å²) in [6.45, 7) is 5.05. The Labute approximate surface area is 103 Å².